The molecular formula is C58H89NO14. The normalized spacial score (nSPS) is 38.7. The first kappa shape index (κ1) is 60.0. The molecule has 15 atom stereocenters. The van der Waals surface area contributed by atoms with Crippen molar-refractivity contribution in [3.8, 4) is 0 Å². The van der Waals surface area contributed by atoms with Crippen molar-refractivity contribution in [2.45, 2.75) is 212 Å². The van der Waals surface area contributed by atoms with E-state index in [-0.39, 0.29) is 72.8 Å². The lowest BCUT2D eigenvalue weighted by atomic mass is 9.78. The Hall–Kier alpha value is -3.86. The van der Waals surface area contributed by atoms with Crippen LogP contribution in [0.4, 0.5) is 0 Å². The highest BCUT2D eigenvalue weighted by Crippen LogP contribution is 2.39. The van der Waals surface area contributed by atoms with E-state index >= 15 is 0 Å². The number of rotatable bonds is 8. The van der Waals surface area contributed by atoms with Crippen molar-refractivity contribution >= 4 is 35.2 Å². The van der Waals surface area contributed by atoms with Gasteiger partial charge in [-0.05, 0) is 120 Å². The van der Waals surface area contributed by atoms with E-state index in [1.54, 1.807) is 41.1 Å². The number of carbonyl (C=O) groups excluding carboxylic acids is 6. The molecule has 73 heavy (non-hydrogen) atoms. The molecule has 0 aromatic rings. The number of ketones is 3. The van der Waals surface area contributed by atoms with E-state index < -0.39 is 77.8 Å². The summed E-state index contributed by atoms with van der Waals surface area (Å²) in [5.41, 5.74) is 1.26. The van der Waals surface area contributed by atoms with Gasteiger partial charge in [-0.1, -0.05) is 90.3 Å². The maximum Gasteiger partial charge on any atom is 0.329 e. The van der Waals surface area contributed by atoms with Crippen LogP contribution in [0, 0.1) is 41.4 Å². The summed E-state index contributed by atoms with van der Waals surface area (Å²) >= 11 is 0. The SMILES string of the molecule is CO[C@H]1CC2CC[C@@H](C)[C@@](O)(O2)C(=O)C(=O)N2CCCC[C@H]2C(=O)O[C@H]([C@H](C)C[C@@H]2CC[C@@H](OC(=O)C3CCCCC3)[C@H](OC)C2)CC(=O)[C@H](C)/C=C(\C)[C@@H](O)[C@@H](OC)C(=O)[C@H](C)C[C@H](C)/C=C/C=C/C=C/1C. The number of allylic oxidation sites excluding steroid dienone is 6. The van der Waals surface area contributed by atoms with Crippen LogP contribution >= 0.6 is 0 Å². The standard InChI is InChI=1S/C58H89NO14/c1-35-19-13-11-14-20-36(2)48(68-8)33-44-26-24-41(7)58(67,73-44)54(63)55(64)59-28-18-17-23-45(59)57(66)72-49(34-46(60)37(3)30-40(6)52(62)53(70-10)51(61)39(5)29-35)38(4)31-42-25-27-47(50(32-42)69-9)71-56(65)43-21-15-12-16-22-43/h11,13-14,19-20,30,35,37-39,41-45,47-50,52-53,62,67H,12,15-18,21-29,31-34H2,1-10H3/b14-11+,19-13+,36-20+,40-30+/t35-,37-,38-,39-,41-,42+,44?,45+,47-,48+,49+,50-,52-,53+,58-/m1/s1. The van der Waals surface area contributed by atoms with Gasteiger partial charge in [-0.2, -0.15) is 0 Å². The molecule has 1 amide bonds. The molecule has 0 radical (unpaired) electrons. The van der Waals surface area contributed by atoms with Crippen LogP contribution < -0.4 is 0 Å². The Balaban J connectivity index is 1.44. The molecule has 2 bridgehead atoms. The van der Waals surface area contributed by atoms with Crippen LogP contribution in [0.15, 0.2) is 47.6 Å². The number of hydrogen-bond donors (Lipinski definition) is 2. The molecule has 2 aliphatic carbocycles. The van der Waals surface area contributed by atoms with E-state index in [1.165, 1.54) is 12.0 Å². The third kappa shape index (κ3) is 16.1. The second kappa shape index (κ2) is 28.3. The van der Waals surface area contributed by atoms with Crippen LogP contribution in [0.2, 0.25) is 0 Å². The summed E-state index contributed by atoms with van der Waals surface area (Å²) in [6, 6.07) is -1.16. The number of carbonyl (C=O) groups is 6. The first-order valence-corrected chi connectivity index (χ1v) is 27.4. The van der Waals surface area contributed by atoms with Gasteiger partial charge in [0.1, 0.15) is 36.2 Å². The molecule has 0 spiro atoms. The van der Waals surface area contributed by atoms with Gasteiger partial charge in [0.15, 0.2) is 5.78 Å². The molecule has 15 heteroatoms. The van der Waals surface area contributed by atoms with Crippen LogP contribution in [0.1, 0.15) is 158 Å². The highest BCUT2D eigenvalue weighted by Gasteiger charge is 2.53. The van der Waals surface area contributed by atoms with Gasteiger partial charge in [-0.25, -0.2) is 4.79 Å². The Morgan fingerprint density at radius 1 is 0.808 bits per heavy atom. The molecule has 5 aliphatic rings. The zero-order valence-electron chi connectivity index (χ0n) is 45.6. The molecule has 4 fully saturated rings. The quantitative estimate of drug-likeness (QED) is 0.134. The number of fused-ring (bicyclic) bond motifs is 3. The Morgan fingerprint density at radius 3 is 2.21 bits per heavy atom. The van der Waals surface area contributed by atoms with Gasteiger partial charge in [0.2, 0.25) is 5.79 Å². The van der Waals surface area contributed by atoms with Crippen LogP contribution in [-0.2, 0) is 57.2 Å². The molecule has 0 aromatic heterocycles. The van der Waals surface area contributed by atoms with Crippen molar-refractivity contribution in [1.82, 2.24) is 4.90 Å². The summed E-state index contributed by atoms with van der Waals surface area (Å²) in [7, 11) is 4.58. The molecule has 410 valence electrons. The number of aliphatic hydroxyl groups is 2. The average molecular weight is 1020 g/mol. The lowest BCUT2D eigenvalue weighted by Crippen LogP contribution is -2.61. The zero-order valence-corrected chi connectivity index (χ0v) is 45.6. The Bertz CT molecular complexity index is 2000. The van der Waals surface area contributed by atoms with Crippen molar-refractivity contribution in [2.24, 2.45) is 41.4 Å². The fourth-order valence-corrected chi connectivity index (χ4v) is 11.8. The van der Waals surface area contributed by atoms with E-state index in [0.29, 0.717) is 63.4 Å². The summed E-state index contributed by atoms with van der Waals surface area (Å²) in [5, 5.41) is 23.6. The number of aliphatic hydroxyl groups excluding tert-OH is 1. The predicted octanol–water partition coefficient (Wildman–Crippen LogP) is 8.31. The van der Waals surface area contributed by atoms with Gasteiger partial charge in [0.25, 0.3) is 11.7 Å². The fraction of sp³-hybridized carbons (Fsp3) is 0.759. The number of Topliss-reactive ketones (excluding diaryl/α,β-unsaturated/α-hetero) is 3. The summed E-state index contributed by atoms with van der Waals surface area (Å²) in [6.07, 6.45) is 16.2. The number of nitrogens with zero attached hydrogens (tertiary/aromatic N) is 1. The minimum absolute atomic E-state index is 0.0109. The number of ether oxygens (including phenoxy) is 6. The molecule has 2 saturated heterocycles. The van der Waals surface area contributed by atoms with Gasteiger partial charge < -0.3 is 43.5 Å². The van der Waals surface area contributed by atoms with Gasteiger partial charge >= 0.3 is 11.9 Å². The van der Waals surface area contributed by atoms with Crippen LogP contribution in [0.3, 0.4) is 0 Å². The Kier molecular flexibility index (Phi) is 23.3. The lowest BCUT2D eigenvalue weighted by Gasteiger charge is -2.42. The summed E-state index contributed by atoms with van der Waals surface area (Å²) in [4.78, 5) is 85.8. The third-order valence-electron chi connectivity index (χ3n) is 16.7. The third-order valence-corrected chi connectivity index (χ3v) is 16.7. The largest absolute Gasteiger partial charge is 0.460 e. The average Bonchev–Trinajstić information content (AvgIpc) is 3.38. The number of esters is 2. The Morgan fingerprint density at radius 2 is 1.52 bits per heavy atom. The number of amides is 1. The predicted molar refractivity (Wildman–Crippen MR) is 276 cm³/mol. The van der Waals surface area contributed by atoms with Gasteiger partial charge in [-0.3, -0.25) is 24.0 Å². The molecular weight excluding hydrogens is 935 g/mol. The van der Waals surface area contributed by atoms with Crippen LogP contribution in [0.25, 0.3) is 0 Å². The van der Waals surface area contributed by atoms with Gasteiger partial charge in [0.05, 0.1) is 24.2 Å². The maximum absolute atomic E-state index is 14.6. The second-order valence-electron chi connectivity index (χ2n) is 22.3. The number of cyclic esters (lactones) is 1. The summed E-state index contributed by atoms with van der Waals surface area (Å²) in [5.74, 6) is -8.36. The van der Waals surface area contributed by atoms with E-state index in [4.69, 9.17) is 28.4 Å². The van der Waals surface area contributed by atoms with E-state index in [2.05, 4.69) is 0 Å². The van der Waals surface area contributed by atoms with Crippen LogP contribution in [-0.4, -0.2) is 133 Å². The smallest absolute Gasteiger partial charge is 0.329 e. The first-order valence-electron chi connectivity index (χ1n) is 27.4. The van der Waals surface area contributed by atoms with E-state index in [0.717, 1.165) is 44.1 Å². The first-order chi connectivity index (χ1) is 34.7. The topological polar surface area (TPSA) is 201 Å². The van der Waals surface area contributed by atoms with Crippen LogP contribution in [0.5, 0.6) is 0 Å². The molecule has 3 aliphatic heterocycles. The zero-order chi connectivity index (χ0) is 53.6. The number of piperidine rings is 1. The van der Waals surface area contributed by atoms with Crippen molar-refractivity contribution < 1.29 is 67.4 Å². The van der Waals surface area contributed by atoms with Crippen molar-refractivity contribution in [3.63, 3.8) is 0 Å². The molecule has 3 heterocycles. The highest BCUT2D eigenvalue weighted by atomic mass is 16.6. The van der Waals surface area contributed by atoms with Crippen molar-refractivity contribution in [1.29, 1.82) is 0 Å². The van der Waals surface area contributed by atoms with Gasteiger partial charge in [0, 0.05) is 58.5 Å². The lowest BCUT2D eigenvalue weighted by molar-refractivity contribution is -0.265. The molecule has 2 saturated carbocycles. The van der Waals surface area contributed by atoms with Crippen molar-refractivity contribution in [3.05, 3.63) is 47.6 Å². The Labute approximate surface area is 435 Å². The minimum Gasteiger partial charge on any atom is -0.460 e. The summed E-state index contributed by atoms with van der Waals surface area (Å²) < 4.78 is 36.0. The molecule has 0 aromatic carbocycles. The number of methoxy groups -OCH3 is 3. The second-order valence-corrected chi connectivity index (χ2v) is 22.3. The maximum atomic E-state index is 14.6. The highest BCUT2D eigenvalue weighted by molar-refractivity contribution is 6.39. The minimum atomic E-state index is -2.44. The summed E-state index contributed by atoms with van der Waals surface area (Å²) in [6.45, 7) is 12.8. The molecule has 5 rings (SSSR count). The fourth-order valence-electron chi connectivity index (χ4n) is 11.8. The molecule has 2 N–H and O–H groups in total. The van der Waals surface area contributed by atoms with Crippen molar-refractivity contribution in [2.75, 3.05) is 27.9 Å². The molecule has 1 unspecified atom stereocenters. The molecule has 15 nitrogen and oxygen atoms in total. The van der Waals surface area contributed by atoms with E-state index in [9.17, 15) is 39.0 Å². The monoisotopic (exact) mass is 1020 g/mol. The van der Waals surface area contributed by atoms with Gasteiger partial charge in [-0.15, -0.1) is 0 Å². The van der Waals surface area contributed by atoms with E-state index in [1.807, 2.05) is 58.1 Å². The number of hydrogen-bond acceptors (Lipinski definition) is 14.